The van der Waals surface area contributed by atoms with E-state index in [1.54, 1.807) is 0 Å². The number of halogens is 1. The van der Waals surface area contributed by atoms with Gasteiger partial charge in [0.1, 0.15) is 11.9 Å². The quantitative estimate of drug-likeness (QED) is 0.438. The molecule has 136 valence electrons. The third-order valence-corrected chi connectivity index (χ3v) is 4.35. The van der Waals surface area contributed by atoms with Crippen LogP contribution in [0.3, 0.4) is 0 Å². The molecule has 0 radical (unpaired) electrons. The number of guanidine groups is 1. The molecule has 0 unspecified atom stereocenters. The third kappa shape index (κ3) is 5.35. The van der Waals surface area contributed by atoms with Crippen molar-refractivity contribution in [2.24, 2.45) is 12.0 Å². The molecule has 6 nitrogen and oxygen atoms in total. The van der Waals surface area contributed by atoms with Gasteiger partial charge in [0.25, 0.3) is 0 Å². The summed E-state index contributed by atoms with van der Waals surface area (Å²) in [7, 11) is 3.78. The molecular weight excluding hydrogens is 429 g/mol. The zero-order valence-electron chi connectivity index (χ0n) is 14.8. The van der Waals surface area contributed by atoms with E-state index in [-0.39, 0.29) is 30.1 Å². The highest BCUT2D eigenvalue weighted by atomic mass is 127. The maximum Gasteiger partial charge on any atom is 0.193 e. The average Bonchev–Trinajstić information content (AvgIpc) is 3.03. The number of hydrogen-bond donors (Lipinski definition) is 1. The fourth-order valence-electron chi connectivity index (χ4n) is 2.95. The Morgan fingerprint density at radius 3 is 2.56 bits per heavy atom. The first-order chi connectivity index (χ1) is 11.8. The Balaban J connectivity index is 0.00000225. The number of piperidine rings is 1. The Kier molecular flexibility index (Phi) is 7.54. The molecule has 1 aromatic heterocycles. The number of likely N-dealkylation sites (tertiary alicyclic amines) is 1. The molecule has 1 fully saturated rings. The van der Waals surface area contributed by atoms with Gasteiger partial charge in [-0.3, -0.25) is 9.67 Å². The first-order valence-electron chi connectivity index (χ1n) is 8.40. The summed E-state index contributed by atoms with van der Waals surface area (Å²) in [6.45, 7) is 2.62. The Bertz CT molecular complexity index is 665. The van der Waals surface area contributed by atoms with E-state index in [9.17, 15) is 0 Å². The number of hydrogen-bond acceptors (Lipinski definition) is 3. The highest BCUT2D eigenvalue weighted by Crippen LogP contribution is 2.18. The lowest BCUT2D eigenvalue weighted by molar-refractivity contribution is 0.129. The van der Waals surface area contributed by atoms with Gasteiger partial charge in [-0.05, 0) is 18.2 Å². The SMILES string of the molecule is CN=C(NCc1ccnn1C)N1CCC(Oc2ccccc2)CC1.I. The number of aromatic nitrogens is 2. The normalized spacial score (nSPS) is 15.6. The molecule has 2 heterocycles. The number of rotatable bonds is 4. The summed E-state index contributed by atoms with van der Waals surface area (Å²) in [6.07, 6.45) is 4.09. The summed E-state index contributed by atoms with van der Waals surface area (Å²) in [5, 5.41) is 7.61. The first kappa shape index (κ1) is 19.6. The van der Waals surface area contributed by atoms with Crippen molar-refractivity contribution in [2.45, 2.75) is 25.5 Å². The molecule has 1 aliphatic heterocycles. The second-order valence-electron chi connectivity index (χ2n) is 5.96. The summed E-state index contributed by atoms with van der Waals surface area (Å²) in [4.78, 5) is 6.70. The van der Waals surface area contributed by atoms with Gasteiger partial charge in [-0.25, -0.2) is 0 Å². The van der Waals surface area contributed by atoms with Gasteiger partial charge >= 0.3 is 0 Å². The second kappa shape index (κ2) is 9.65. The second-order valence-corrected chi connectivity index (χ2v) is 5.96. The number of nitrogens with one attached hydrogen (secondary N) is 1. The fraction of sp³-hybridized carbons (Fsp3) is 0.444. The van der Waals surface area contributed by atoms with E-state index in [1.807, 2.05) is 61.4 Å². The Morgan fingerprint density at radius 2 is 1.96 bits per heavy atom. The molecule has 0 atom stereocenters. The molecule has 7 heteroatoms. The minimum Gasteiger partial charge on any atom is -0.490 e. The van der Waals surface area contributed by atoms with E-state index < -0.39 is 0 Å². The molecule has 1 N–H and O–H groups in total. The lowest BCUT2D eigenvalue weighted by atomic mass is 10.1. The van der Waals surface area contributed by atoms with Crippen molar-refractivity contribution >= 4 is 29.9 Å². The predicted octanol–water partition coefficient (Wildman–Crippen LogP) is 2.66. The summed E-state index contributed by atoms with van der Waals surface area (Å²) < 4.78 is 7.93. The van der Waals surface area contributed by atoms with Crippen LogP contribution in [-0.2, 0) is 13.6 Å². The minimum absolute atomic E-state index is 0. The van der Waals surface area contributed by atoms with Crippen molar-refractivity contribution in [3.63, 3.8) is 0 Å². The molecule has 0 saturated carbocycles. The molecule has 0 amide bonds. The van der Waals surface area contributed by atoms with E-state index in [1.165, 1.54) is 0 Å². The number of benzene rings is 1. The number of aryl methyl sites for hydroxylation is 1. The van der Waals surface area contributed by atoms with Crippen molar-refractivity contribution in [3.05, 3.63) is 48.3 Å². The van der Waals surface area contributed by atoms with Gasteiger partial charge in [0.05, 0.1) is 12.2 Å². The molecule has 1 aliphatic rings. The van der Waals surface area contributed by atoms with Crippen LogP contribution < -0.4 is 10.1 Å². The number of para-hydroxylation sites is 1. The van der Waals surface area contributed by atoms with Crippen molar-refractivity contribution in [3.8, 4) is 5.75 Å². The molecular formula is C18H26IN5O. The Morgan fingerprint density at radius 1 is 1.24 bits per heavy atom. The lowest BCUT2D eigenvalue weighted by Gasteiger charge is -2.34. The number of aliphatic imine (C=N–C) groups is 1. The summed E-state index contributed by atoms with van der Waals surface area (Å²) in [6, 6.07) is 12.1. The van der Waals surface area contributed by atoms with E-state index in [0.717, 1.165) is 49.9 Å². The van der Waals surface area contributed by atoms with Crippen LogP contribution in [0.5, 0.6) is 5.75 Å². The molecule has 1 aromatic carbocycles. The monoisotopic (exact) mass is 455 g/mol. The van der Waals surface area contributed by atoms with Crippen LogP contribution in [0.4, 0.5) is 0 Å². The largest absolute Gasteiger partial charge is 0.490 e. The first-order valence-corrected chi connectivity index (χ1v) is 8.40. The standard InChI is InChI=1S/C18H25N5O.HI/c1-19-18(20-14-15-8-11-21-22(15)2)23-12-9-17(10-13-23)24-16-6-4-3-5-7-16;/h3-8,11,17H,9-10,12-14H2,1-2H3,(H,19,20);1H. The highest BCUT2D eigenvalue weighted by Gasteiger charge is 2.22. The van der Waals surface area contributed by atoms with Gasteiger partial charge in [-0.2, -0.15) is 5.10 Å². The van der Waals surface area contributed by atoms with E-state index >= 15 is 0 Å². The maximum absolute atomic E-state index is 6.05. The van der Waals surface area contributed by atoms with Crippen molar-refractivity contribution in [2.75, 3.05) is 20.1 Å². The average molecular weight is 455 g/mol. The van der Waals surface area contributed by atoms with Gasteiger partial charge in [0, 0.05) is 46.2 Å². The summed E-state index contributed by atoms with van der Waals surface area (Å²) >= 11 is 0. The molecule has 25 heavy (non-hydrogen) atoms. The van der Waals surface area contributed by atoms with Gasteiger partial charge < -0.3 is 15.0 Å². The highest BCUT2D eigenvalue weighted by molar-refractivity contribution is 14.0. The van der Waals surface area contributed by atoms with Gasteiger partial charge in [-0.15, -0.1) is 24.0 Å². The van der Waals surface area contributed by atoms with Crippen LogP contribution in [0.25, 0.3) is 0 Å². The van der Waals surface area contributed by atoms with Crippen LogP contribution in [0, 0.1) is 0 Å². The minimum atomic E-state index is 0. The molecule has 2 aromatic rings. The Hall–Kier alpha value is -1.77. The molecule has 0 aliphatic carbocycles. The summed E-state index contributed by atoms with van der Waals surface area (Å²) in [5.74, 6) is 1.89. The van der Waals surface area contributed by atoms with Crippen molar-refractivity contribution in [1.82, 2.24) is 20.0 Å². The van der Waals surface area contributed by atoms with Crippen molar-refractivity contribution in [1.29, 1.82) is 0 Å². The molecule has 0 spiro atoms. The van der Waals surface area contributed by atoms with Gasteiger partial charge in [-0.1, -0.05) is 18.2 Å². The van der Waals surface area contributed by atoms with Gasteiger partial charge in [0.2, 0.25) is 0 Å². The van der Waals surface area contributed by atoms with Crippen LogP contribution in [-0.4, -0.2) is 46.9 Å². The van der Waals surface area contributed by atoms with E-state index in [2.05, 4.69) is 20.3 Å². The van der Waals surface area contributed by atoms with Crippen LogP contribution in [0.2, 0.25) is 0 Å². The number of ether oxygens (including phenoxy) is 1. The zero-order valence-corrected chi connectivity index (χ0v) is 17.1. The lowest BCUT2D eigenvalue weighted by Crippen LogP contribution is -2.47. The third-order valence-electron chi connectivity index (χ3n) is 4.35. The number of nitrogens with zero attached hydrogens (tertiary/aromatic N) is 4. The smallest absolute Gasteiger partial charge is 0.193 e. The molecule has 0 bridgehead atoms. The van der Waals surface area contributed by atoms with E-state index in [0.29, 0.717) is 0 Å². The topological polar surface area (TPSA) is 54.7 Å². The van der Waals surface area contributed by atoms with Crippen LogP contribution in [0.1, 0.15) is 18.5 Å². The summed E-state index contributed by atoms with van der Waals surface area (Å²) in [5.41, 5.74) is 1.14. The van der Waals surface area contributed by atoms with Crippen LogP contribution in [0.15, 0.2) is 47.6 Å². The fourth-order valence-corrected chi connectivity index (χ4v) is 2.95. The molecule has 1 saturated heterocycles. The van der Waals surface area contributed by atoms with Crippen molar-refractivity contribution < 1.29 is 4.74 Å². The maximum atomic E-state index is 6.05. The Labute approximate surface area is 166 Å². The van der Waals surface area contributed by atoms with Crippen LogP contribution >= 0.6 is 24.0 Å². The zero-order chi connectivity index (χ0) is 16.8. The van der Waals surface area contributed by atoms with Gasteiger partial charge in [0.15, 0.2) is 5.96 Å². The predicted molar refractivity (Wildman–Crippen MR) is 110 cm³/mol. The molecule has 3 rings (SSSR count). The van der Waals surface area contributed by atoms with E-state index in [4.69, 9.17) is 4.74 Å².